The Balaban J connectivity index is 1.62. The number of thiophene rings is 1. The Morgan fingerprint density at radius 2 is 2.25 bits per heavy atom. The minimum Gasteiger partial charge on any atom is -0.480 e. The topological polar surface area (TPSA) is 61.0 Å². The maximum absolute atomic E-state index is 6.27. The van der Waals surface area contributed by atoms with Crippen LogP contribution in [0.5, 0.6) is 5.75 Å². The number of fused-ring (bicyclic) bond motifs is 1. The second-order valence-electron chi connectivity index (χ2n) is 4.88. The summed E-state index contributed by atoms with van der Waals surface area (Å²) in [5.74, 6) is 1.63. The molecule has 0 unspecified atom stereocenters. The van der Waals surface area contributed by atoms with Gasteiger partial charge in [-0.05, 0) is 52.2 Å². The first-order valence-corrected chi connectivity index (χ1v) is 9.33. The smallest absolute Gasteiger partial charge is 0.264 e. The van der Waals surface area contributed by atoms with E-state index < -0.39 is 0 Å². The molecule has 3 aromatic heterocycles. The lowest BCUT2D eigenvalue weighted by molar-refractivity contribution is 0.243. The highest BCUT2D eigenvalue weighted by Crippen LogP contribution is 2.35. The predicted molar refractivity (Wildman–Crippen MR) is 101 cm³/mol. The van der Waals surface area contributed by atoms with Crippen molar-refractivity contribution in [3.05, 3.63) is 55.7 Å². The van der Waals surface area contributed by atoms with Crippen LogP contribution in [0.3, 0.4) is 0 Å². The summed E-state index contributed by atoms with van der Waals surface area (Å²) in [5.41, 5.74) is 1.65. The SMILES string of the molecule is Clc1cc(I)c(OCc2nc(-c3ccsc3)no2)c2ncccc12. The van der Waals surface area contributed by atoms with E-state index in [2.05, 4.69) is 37.7 Å². The third-order valence-corrected chi connectivity index (χ3v) is 5.14. The van der Waals surface area contributed by atoms with E-state index in [1.807, 2.05) is 35.0 Å². The van der Waals surface area contributed by atoms with Gasteiger partial charge in [-0.25, -0.2) is 0 Å². The van der Waals surface area contributed by atoms with Crippen molar-refractivity contribution in [2.45, 2.75) is 6.61 Å². The number of hydrogen-bond acceptors (Lipinski definition) is 6. The summed E-state index contributed by atoms with van der Waals surface area (Å²) in [6, 6.07) is 7.55. The molecule has 0 aliphatic heterocycles. The van der Waals surface area contributed by atoms with E-state index in [9.17, 15) is 0 Å². The van der Waals surface area contributed by atoms with Crippen LogP contribution in [-0.2, 0) is 6.61 Å². The summed E-state index contributed by atoms with van der Waals surface area (Å²) < 4.78 is 12.0. The van der Waals surface area contributed by atoms with Gasteiger partial charge in [0, 0.05) is 22.5 Å². The van der Waals surface area contributed by atoms with Gasteiger partial charge in [0.15, 0.2) is 12.4 Å². The van der Waals surface area contributed by atoms with Crippen LogP contribution in [0.15, 0.2) is 45.7 Å². The zero-order valence-electron chi connectivity index (χ0n) is 12.1. The van der Waals surface area contributed by atoms with E-state index in [1.165, 1.54) is 0 Å². The Morgan fingerprint density at radius 3 is 3.08 bits per heavy atom. The van der Waals surface area contributed by atoms with Crippen LogP contribution in [-0.4, -0.2) is 15.1 Å². The Morgan fingerprint density at radius 1 is 1.33 bits per heavy atom. The summed E-state index contributed by atoms with van der Waals surface area (Å²) in [7, 11) is 0. The van der Waals surface area contributed by atoms with E-state index in [0.717, 1.165) is 14.5 Å². The van der Waals surface area contributed by atoms with Gasteiger partial charge in [0.2, 0.25) is 5.82 Å². The highest BCUT2D eigenvalue weighted by Gasteiger charge is 2.14. The van der Waals surface area contributed by atoms with Crippen molar-refractivity contribution in [2.24, 2.45) is 0 Å². The Hall–Kier alpha value is -1.71. The van der Waals surface area contributed by atoms with Crippen LogP contribution < -0.4 is 4.74 Å². The lowest BCUT2D eigenvalue weighted by Gasteiger charge is -2.10. The van der Waals surface area contributed by atoms with Gasteiger partial charge in [-0.15, -0.1) is 0 Å². The average Bonchev–Trinajstić information content (AvgIpc) is 3.26. The molecule has 120 valence electrons. The maximum atomic E-state index is 6.27. The normalized spacial score (nSPS) is 11.1. The third kappa shape index (κ3) is 2.99. The van der Waals surface area contributed by atoms with Gasteiger partial charge in [0.25, 0.3) is 5.89 Å². The van der Waals surface area contributed by atoms with Gasteiger partial charge in [-0.1, -0.05) is 16.8 Å². The first-order valence-electron chi connectivity index (χ1n) is 6.93. The molecule has 0 atom stereocenters. The number of ether oxygens (including phenoxy) is 1. The standard InChI is InChI=1S/C16H9ClIN3O2S/c17-11-6-12(18)15(14-10(11)2-1-4-19-14)22-7-13-20-16(21-23-13)9-3-5-24-8-9/h1-6,8H,7H2. The van der Waals surface area contributed by atoms with Crippen LogP contribution in [0.4, 0.5) is 0 Å². The summed E-state index contributed by atoms with van der Waals surface area (Å²) in [5, 5.41) is 9.40. The lowest BCUT2D eigenvalue weighted by Crippen LogP contribution is -1.99. The van der Waals surface area contributed by atoms with E-state index in [1.54, 1.807) is 17.5 Å². The molecule has 0 bridgehead atoms. The molecule has 0 fully saturated rings. The molecule has 0 amide bonds. The molecule has 0 spiro atoms. The number of halogens is 2. The highest BCUT2D eigenvalue weighted by atomic mass is 127. The van der Waals surface area contributed by atoms with Crippen LogP contribution in [0.1, 0.15) is 5.89 Å². The summed E-state index contributed by atoms with van der Waals surface area (Å²) in [6.45, 7) is 0.167. The lowest BCUT2D eigenvalue weighted by atomic mass is 10.2. The molecule has 0 N–H and O–H groups in total. The molecule has 4 rings (SSSR count). The Labute approximate surface area is 159 Å². The van der Waals surface area contributed by atoms with Gasteiger partial charge in [0.05, 0.1) is 8.59 Å². The molecule has 0 radical (unpaired) electrons. The van der Waals surface area contributed by atoms with Gasteiger partial charge in [-0.3, -0.25) is 4.98 Å². The Kier molecular flexibility index (Phi) is 4.38. The first-order chi connectivity index (χ1) is 11.7. The van der Waals surface area contributed by atoms with Crippen LogP contribution >= 0.6 is 45.5 Å². The molecular weight excluding hydrogens is 461 g/mol. The van der Waals surface area contributed by atoms with Crippen molar-refractivity contribution in [3.8, 4) is 17.1 Å². The molecule has 3 heterocycles. The number of hydrogen-bond donors (Lipinski definition) is 0. The zero-order chi connectivity index (χ0) is 16.5. The monoisotopic (exact) mass is 469 g/mol. The number of rotatable bonds is 4. The van der Waals surface area contributed by atoms with Gasteiger partial charge in [-0.2, -0.15) is 16.3 Å². The summed E-state index contributed by atoms with van der Waals surface area (Å²) in [6.07, 6.45) is 1.71. The molecule has 0 saturated heterocycles. The van der Waals surface area contributed by atoms with Crippen molar-refractivity contribution in [3.63, 3.8) is 0 Å². The predicted octanol–water partition coefficient (Wildman–Crippen LogP) is 5.18. The fourth-order valence-corrected chi connectivity index (χ4v) is 4.04. The number of nitrogens with zero attached hydrogens (tertiary/aromatic N) is 3. The third-order valence-electron chi connectivity index (χ3n) is 3.34. The van der Waals surface area contributed by atoms with Crippen LogP contribution in [0.25, 0.3) is 22.3 Å². The number of benzene rings is 1. The second kappa shape index (κ2) is 6.66. The summed E-state index contributed by atoms with van der Waals surface area (Å²) >= 11 is 10.0. The molecule has 0 saturated carbocycles. The second-order valence-corrected chi connectivity index (χ2v) is 7.23. The minimum absolute atomic E-state index is 0.167. The van der Waals surface area contributed by atoms with E-state index in [-0.39, 0.29) is 6.61 Å². The molecule has 0 aliphatic rings. The molecule has 24 heavy (non-hydrogen) atoms. The minimum atomic E-state index is 0.167. The fourth-order valence-electron chi connectivity index (χ4n) is 2.24. The van der Waals surface area contributed by atoms with Gasteiger partial charge >= 0.3 is 0 Å². The van der Waals surface area contributed by atoms with Crippen molar-refractivity contribution in [2.75, 3.05) is 0 Å². The molecular formula is C16H9ClIN3O2S. The van der Waals surface area contributed by atoms with E-state index in [0.29, 0.717) is 28.0 Å². The quantitative estimate of drug-likeness (QED) is 0.385. The number of aromatic nitrogens is 3. The Bertz CT molecular complexity index is 1000. The largest absolute Gasteiger partial charge is 0.480 e. The average molecular weight is 470 g/mol. The van der Waals surface area contributed by atoms with Crippen LogP contribution in [0.2, 0.25) is 5.02 Å². The summed E-state index contributed by atoms with van der Waals surface area (Å²) in [4.78, 5) is 8.73. The molecule has 8 heteroatoms. The molecule has 4 aromatic rings. The molecule has 1 aromatic carbocycles. The highest BCUT2D eigenvalue weighted by molar-refractivity contribution is 14.1. The maximum Gasteiger partial charge on any atom is 0.264 e. The zero-order valence-corrected chi connectivity index (χ0v) is 15.8. The van der Waals surface area contributed by atoms with Crippen molar-refractivity contribution < 1.29 is 9.26 Å². The molecule has 5 nitrogen and oxygen atoms in total. The van der Waals surface area contributed by atoms with Crippen molar-refractivity contribution >= 4 is 56.4 Å². The van der Waals surface area contributed by atoms with Crippen LogP contribution in [0, 0.1) is 3.57 Å². The van der Waals surface area contributed by atoms with E-state index in [4.69, 9.17) is 20.9 Å². The number of pyridine rings is 1. The van der Waals surface area contributed by atoms with Gasteiger partial charge < -0.3 is 9.26 Å². The molecule has 0 aliphatic carbocycles. The first kappa shape index (κ1) is 15.8. The van der Waals surface area contributed by atoms with Crippen molar-refractivity contribution in [1.29, 1.82) is 0 Å². The van der Waals surface area contributed by atoms with Crippen molar-refractivity contribution in [1.82, 2.24) is 15.1 Å². The fraction of sp³-hybridized carbons (Fsp3) is 0.0625. The van der Waals surface area contributed by atoms with E-state index >= 15 is 0 Å². The van der Waals surface area contributed by atoms with Gasteiger partial charge in [0.1, 0.15) is 5.52 Å².